The predicted octanol–water partition coefficient (Wildman–Crippen LogP) is 1.94. The predicted molar refractivity (Wildman–Crippen MR) is 59.7 cm³/mol. The van der Waals surface area contributed by atoms with E-state index in [0.717, 1.165) is 19.5 Å². The van der Waals surface area contributed by atoms with E-state index in [4.69, 9.17) is 5.11 Å². The Morgan fingerprint density at radius 3 is 2.07 bits per heavy atom. The van der Waals surface area contributed by atoms with E-state index in [9.17, 15) is 4.79 Å². The van der Waals surface area contributed by atoms with Crippen LogP contribution in [0.4, 0.5) is 0 Å². The van der Waals surface area contributed by atoms with Crippen molar-refractivity contribution in [3.8, 4) is 5.75 Å². The third-order valence-electron chi connectivity index (χ3n) is 2.32. The Bertz CT molecular complexity index is 268. The summed E-state index contributed by atoms with van der Waals surface area (Å²) in [6, 6.07) is 7.09. The van der Waals surface area contributed by atoms with Crippen molar-refractivity contribution < 1.29 is 9.90 Å². The molecule has 1 aliphatic rings. The Hall–Kier alpha value is -1.51. The van der Waals surface area contributed by atoms with Gasteiger partial charge in [0.1, 0.15) is 5.75 Å². The van der Waals surface area contributed by atoms with Gasteiger partial charge in [0, 0.05) is 13.1 Å². The summed E-state index contributed by atoms with van der Waals surface area (Å²) in [7, 11) is 0. The first kappa shape index (κ1) is 11.6. The molecule has 0 spiro atoms. The lowest BCUT2D eigenvalue weighted by Gasteiger charge is -2.03. The molecule has 1 fully saturated rings. The Labute approximate surface area is 90.3 Å². The number of amides is 1. The average Bonchev–Trinajstić information content (AvgIpc) is 2.76. The smallest absolute Gasteiger partial charge is 0.209 e. The van der Waals surface area contributed by atoms with E-state index in [-0.39, 0.29) is 0 Å². The summed E-state index contributed by atoms with van der Waals surface area (Å²) in [6.45, 7) is 3.94. The van der Waals surface area contributed by atoms with E-state index >= 15 is 0 Å². The van der Waals surface area contributed by atoms with Gasteiger partial charge in [-0.2, -0.15) is 0 Å². The van der Waals surface area contributed by atoms with Crippen LogP contribution >= 0.6 is 0 Å². The number of benzene rings is 1. The number of rotatable bonds is 1. The van der Waals surface area contributed by atoms with Crippen LogP contribution in [-0.4, -0.2) is 29.5 Å². The average molecular weight is 207 g/mol. The van der Waals surface area contributed by atoms with E-state index in [0.29, 0.717) is 5.75 Å². The van der Waals surface area contributed by atoms with Crippen molar-refractivity contribution in [3.63, 3.8) is 0 Å². The number of carbonyl (C=O) groups excluding carboxylic acids is 1. The topological polar surface area (TPSA) is 40.5 Å². The molecule has 3 heteroatoms. The fourth-order valence-electron chi connectivity index (χ4n) is 1.39. The van der Waals surface area contributed by atoms with Gasteiger partial charge in [-0.1, -0.05) is 17.7 Å². The highest BCUT2D eigenvalue weighted by Crippen LogP contribution is 2.07. The van der Waals surface area contributed by atoms with Gasteiger partial charge in [0.15, 0.2) is 0 Å². The van der Waals surface area contributed by atoms with Crippen molar-refractivity contribution >= 4 is 6.41 Å². The van der Waals surface area contributed by atoms with Gasteiger partial charge in [-0.05, 0) is 31.9 Å². The van der Waals surface area contributed by atoms with Gasteiger partial charge in [-0.3, -0.25) is 4.79 Å². The molecule has 0 atom stereocenters. The highest BCUT2D eigenvalue weighted by atomic mass is 16.3. The zero-order valence-electron chi connectivity index (χ0n) is 9.02. The summed E-state index contributed by atoms with van der Waals surface area (Å²) < 4.78 is 0. The number of carbonyl (C=O) groups is 1. The van der Waals surface area contributed by atoms with Crippen LogP contribution in [0.1, 0.15) is 18.4 Å². The normalized spacial score (nSPS) is 14.3. The number of aryl methyl sites for hydroxylation is 1. The molecule has 2 rings (SSSR count). The van der Waals surface area contributed by atoms with Crippen molar-refractivity contribution in [3.05, 3.63) is 29.8 Å². The van der Waals surface area contributed by atoms with Crippen LogP contribution in [0.3, 0.4) is 0 Å². The molecule has 1 N–H and O–H groups in total. The molecule has 1 aromatic rings. The lowest BCUT2D eigenvalue weighted by molar-refractivity contribution is -0.117. The molecule has 1 aliphatic heterocycles. The van der Waals surface area contributed by atoms with Crippen LogP contribution in [0.2, 0.25) is 0 Å². The van der Waals surface area contributed by atoms with E-state index in [2.05, 4.69) is 0 Å². The SMILES string of the molecule is Cc1ccc(O)cc1.O=CN1CCCC1. The molecular weight excluding hydrogens is 190 g/mol. The van der Waals surface area contributed by atoms with Crippen LogP contribution in [-0.2, 0) is 4.79 Å². The summed E-state index contributed by atoms with van der Waals surface area (Å²) in [4.78, 5) is 11.7. The number of aromatic hydroxyl groups is 1. The highest BCUT2D eigenvalue weighted by Gasteiger charge is 2.06. The minimum atomic E-state index is 0.329. The Kier molecular flexibility index (Phi) is 4.68. The maximum absolute atomic E-state index is 9.93. The lowest BCUT2D eigenvalue weighted by Crippen LogP contribution is -2.15. The van der Waals surface area contributed by atoms with E-state index in [1.807, 2.05) is 19.1 Å². The summed E-state index contributed by atoms with van der Waals surface area (Å²) in [5.41, 5.74) is 1.17. The molecule has 1 heterocycles. The molecule has 82 valence electrons. The van der Waals surface area contributed by atoms with Gasteiger partial charge in [0.25, 0.3) is 0 Å². The van der Waals surface area contributed by atoms with E-state index in [1.165, 1.54) is 18.4 Å². The van der Waals surface area contributed by atoms with Crippen LogP contribution in [0, 0.1) is 6.92 Å². The first-order chi connectivity index (χ1) is 7.22. The first-order valence-corrected chi connectivity index (χ1v) is 5.17. The second-order valence-electron chi connectivity index (χ2n) is 3.68. The maximum atomic E-state index is 9.93. The Morgan fingerprint density at radius 2 is 1.73 bits per heavy atom. The number of nitrogens with zero attached hydrogens (tertiary/aromatic N) is 1. The van der Waals surface area contributed by atoms with Crippen molar-refractivity contribution in [1.29, 1.82) is 0 Å². The van der Waals surface area contributed by atoms with Gasteiger partial charge in [-0.15, -0.1) is 0 Å². The van der Waals surface area contributed by atoms with Gasteiger partial charge >= 0.3 is 0 Å². The third-order valence-corrected chi connectivity index (χ3v) is 2.32. The van der Waals surface area contributed by atoms with E-state index < -0.39 is 0 Å². The minimum Gasteiger partial charge on any atom is -0.508 e. The molecule has 1 saturated heterocycles. The number of phenolic OH excluding ortho intramolecular Hbond substituents is 1. The quantitative estimate of drug-likeness (QED) is 0.715. The molecule has 0 radical (unpaired) electrons. The minimum absolute atomic E-state index is 0.329. The lowest BCUT2D eigenvalue weighted by atomic mass is 10.2. The molecule has 3 nitrogen and oxygen atoms in total. The molecule has 1 amide bonds. The Morgan fingerprint density at radius 1 is 1.20 bits per heavy atom. The highest BCUT2D eigenvalue weighted by molar-refractivity contribution is 5.47. The fourth-order valence-corrected chi connectivity index (χ4v) is 1.39. The van der Waals surface area contributed by atoms with Gasteiger partial charge < -0.3 is 10.0 Å². The second kappa shape index (κ2) is 6.06. The second-order valence-corrected chi connectivity index (χ2v) is 3.68. The van der Waals surface area contributed by atoms with Crippen molar-refractivity contribution in [2.24, 2.45) is 0 Å². The molecule has 15 heavy (non-hydrogen) atoms. The maximum Gasteiger partial charge on any atom is 0.209 e. The van der Waals surface area contributed by atoms with Crippen molar-refractivity contribution in [2.45, 2.75) is 19.8 Å². The van der Waals surface area contributed by atoms with Crippen molar-refractivity contribution in [2.75, 3.05) is 13.1 Å². The fraction of sp³-hybridized carbons (Fsp3) is 0.417. The van der Waals surface area contributed by atoms with Gasteiger partial charge in [-0.25, -0.2) is 0 Å². The first-order valence-electron chi connectivity index (χ1n) is 5.17. The molecular formula is C12H17NO2. The van der Waals surface area contributed by atoms with Crippen LogP contribution in [0.15, 0.2) is 24.3 Å². The van der Waals surface area contributed by atoms with Crippen LogP contribution in [0.25, 0.3) is 0 Å². The standard InChI is InChI=1S/C7H8O.C5H9NO/c1-6-2-4-7(8)5-3-6;7-5-6-3-1-2-4-6/h2-5,8H,1H3;5H,1-4H2. The zero-order chi connectivity index (χ0) is 11.1. The van der Waals surface area contributed by atoms with Gasteiger partial charge in [0.05, 0.1) is 0 Å². The molecule has 0 aromatic heterocycles. The molecule has 0 unspecified atom stereocenters. The molecule has 1 aromatic carbocycles. The van der Waals surface area contributed by atoms with Crippen LogP contribution in [0.5, 0.6) is 5.75 Å². The third kappa shape index (κ3) is 4.49. The number of hydrogen-bond acceptors (Lipinski definition) is 2. The molecule has 0 bridgehead atoms. The molecule has 0 saturated carbocycles. The summed E-state index contributed by atoms with van der Waals surface area (Å²) in [6.07, 6.45) is 3.31. The largest absolute Gasteiger partial charge is 0.508 e. The van der Waals surface area contributed by atoms with Crippen LogP contribution < -0.4 is 0 Å². The van der Waals surface area contributed by atoms with E-state index in [1.54, 1.807) is 17.0 Å². The monoisotopic (exact) mass is 207 g/mol. The molecule has 0 aliphatic carbocycles. The number of likely N-dealkylation sites (tertiary alicyclic amines) is 1. The number of phenols is 1. The summed E-state index contributed by atoms with van der Waals surface area (Å²) >= 11 is 0. The van der Waals surface area contributed by atoms with Gasteiger partial charge in [0.2, 0.25) is 6.41 Å². The summed E-state index contributed by atoms with van der Waals surface area (Å²) in [5, 5.41) is 8.76. The zero-order valence-corrected chi connectivity index (χ0v) is 9.02. The van der Waals surface area contributed by atoms with Crippen molar-refractivity contribution in [1.82, 2.24) is 4.90 Å². The Balaban J connectivity index is 0.000000151. The number of hydrogen-bond donors (Lipinski definition) is 1. The summed E-state index contributed by atoms with van der Waals surface area (Å²) in [5.74, 6) is 0.329.